The molecule has 2 aliphatic heterocycles. The van der Waals surface area contributed by atoms with E-state index in [0.717, 1.165) is 55.6 Å². The average Bonchev–Trinajstić information content (AvgIpc) is 3.13. The van der Waals surface area contributed by atoms with Crippen molar-refractivity contribution in [3.05, 3.63) is 34.8 Å². The Morgan fingerprint density at radius 2 is 1.96 bits per heavy atom. The fourth-order valence-electron chi connectivity index (χ4n) is 3.11. The summed E-state index contributed by atoms with van der Waals surface area (Å²) in [6.45, 7) is 5.33. The third kappa shape index (κ3) is 4.97. The van der Waals surface area contributed by atoms with E-state index < -0.39 is 0 Å². The smallest absolute Gasteiger partial charge is 0.226 e. The molecule has 27 heavy (non-hydrogen) atoms. The molecule has 8 heteroatoms. The van der Waals surface area contributed by atoms with Crippen molar-refractivity contribution in [3.63, 3.8) is 0 Å². The van der Waals surface area contributed by atoms with E-state index in [1.165, 1.54) is 11.3 Å². The summed E-state index contributed by atoms with van der Waals surface area (Å²) in [5.41, 5.74) is 2.05. The van der Waals surface area contributed by atoms with Gasteiger partial charge < -0.3 is 19.5 Å². The molecule has 0 atom stereocenters. The Hall–Kier alpha value is -2.16. The van der Waals surface area contributed by atoms with E-state index in [0.29, 0.717) is 31.2 Å². The Balaban J connectivity index is 1.26. The van der Waals surface area contributed by atoms with Crippen LogP contribution >= 0.6 is 11.3 Å². The van der Waals surface area contributed by atoms with Gasteiger partial charge in [0, 0.05) is 31.4 Å². The molecule has 0 radical (unpaired) electrons. The molecular weight excluding hydrogens is 366 g/mol. The van der Waals surface area contributed by atoms with Crippen molar-refractivity contribution >= 4 is 22.4 Å². The molecule has 0 aliphatic carbocycles. The van der Waals surface area contributed by atoms with E-state index in [4.69, 9.17) is 14.2 Å². The molecule has 1 amide bonds. The minimum Gasteiger partial charge on any atom is -0.486 e. The number of anilines is 1. The van der Waals surface area contributed by atoms with Gasteiger partial charge in [0.25, 0.3) is 0 Å². The molecule has 1 saturated heterocycles. The van der Waals surface area contributed by atoms with Crippen LogP contribution in [0, 0.1) is 0 Å². The molecule has 144 valence electrons. The molecule has 4 rings (SSSR count). The molecule has 7 nitrogen and oxygen atoms in total. The molecule has 1 aromatic carbocycles. The van der Waals surface area contributed by atoms with Crippen molar-refractivity contribution in [2.45, 2.75) is 19.4 Å². The minimum atomic E-state index is -0.0304. The number of nitrogens with zero attached hydrogens (tertiary/aromatic N) is 2. The summed E-state index contributed by atoms with van der Waals surface area (Å²) in [4.78, 5) is 19.1. The largest absolute Gasteiger partial charge is 0.486 e. The summed E-state index contributed by atoms with van der Waals surface area (Å²) >= 11 is 1.47. The zero-order chi connectivity index (χ0) is 18.5. The van der Waals surface area contributed by atoms with Crippen molar-refractivity contribution in [3.8, 4) is 11.5 Å². The topological polar surface area (TPSA) is 72.9 Å². The Kier molecular flexibility index (Phi) is 5.86. The van der Waals surface area contributed by atoms with Gasteiger partial charge in [0.2, 0.25) is 5.91 Å². The summed E-state index contributed by atoms with van der Waals surface area (Å²) in [6, 6.07) is 5.83. The van der Waals surface area contributed by atoms with E-state index in [2.05, 4.69) is 15.2 Å². The van der Waals surface area contributed by atoms with Gasteiger partial charge in [-0.25, -0.2) is 4.98 Å². The van der Waals surface area contributed by atoms with Crippen molar-refractivity contribution < 1.29 is 19.0 Å². The van der Waals surface area contributed by atoms with Gasteiger partial charge in [-0.2, -0.15) is 0 Å². The zero-order valence-electron chi connectivity index (χ0n) is 15.1. The highest BCUT2D eigenvalue weighted by Crippen LogP contribution is 2.31. The number of aromatic nitrogens is 1. The molecule has 0 bridgehead atoms. The molecule has 2 aromatic rings. The third-order valence-corrected chi connectivity index (χ3v) is 5.34. The molecule has 0 unspecified atom stereocenters. The van der Waals surface area contributed by atoms with E-state index in [-0.39, 0.29) is 5.91 Å². The van der Waals surface area contributed by atoms with Gasteiger partial charge in [0.15, 0.2) is 16.6 Å². The number of aryl methyl sites for hydroxylation is 1. The first-order valence-electron chi connectivity index (χ1n) is 9.19. The van der Waals surface area contributed by atoms with Crippen LogP contribution in [-0.2, 0) is 22.5 Å². The zero-order valence-corrected chi connectivity index (χ0v) is 15.9. The molecule has 1 N–H and O–H groups in total. The first kappa shape index (κ1) is 18.2. The standard InChI is InChI=1S/C19H23N3O4S/c23-18(4-2-14-1-3-16-17(11-14)26-10-9-25-16)21-19-20-15(13-27-19)12-22-5-7-24-8-6-22/h1,3,11,13H,2,4-10,12H2,(H,20,21,23). The number of rotatable bonds is 6. The van der Waals surface area contributed by atoms with Crippen LogP contribution in [0.5, 0.6) is 11.5 Å². The van der Waals surface area contributed by atoms with Crippen molar-refractivity contribution in [1.82, 2.24) is 9.88 Å². The summed E-state index contributed by atoms with van der Waals surface area (Å²) in [5, 5.41) is 5.57. The van der Waals surface area contributed by atoms with Crippen LogP contribution in [0.1, 0.15) is 17.7 Å². The average molecular weight is 389 g/mol. The number of morpholine rings is 1. The lowest BCUT2D eigenvalue weighted by atomic mass is 10.1. The molecular formula is C19H23N3O4S. The Bertz CT molecular complexity index is 789. The van der Waals surface area contributed by atoms with Gasteiger partial charge in [0.05, 0.1) is 18.9 Å². The predicted molar refractivity (Wildman–Crippen MR) is 103 cm³/mol. The van der Waals surface area contributed by atoms with Crippen LogP contribution < -0.4 is 14.8 Å². The number of amides is 1. The van der Waals surface area contributed by atoms with Crippen LogP contribution in [0.15, 0.2) is 23.6 Å². The van der Waals surface area contributed by atoms with Crippen LogP contribution in [0.3, 0.4) is 0 Å². The first-order valence-corrected chi connectivity index (χ1v) is 10.1. The lowest BCUT2D eigenvalue weighted by Crippen LogP contribution is -2.35. The van der Waals surface area contributed by atoms with Crippen LogP contribution in [-0.4, -0.2) is 55.3 Å². The minimum absolute atomic E-state index is 0.0304. The van der Waals surface area contributed by atoms with Crippen LogP contribution in [0.25, 0.3) is 0 Å². The van der Waals surface area contributed by atoms with E-state index in [9.17, 15) is 4.79 Å². The van der Waals surface area contributed by atoms with Crippen LogP contribution in [0.4, 0.5) is 5.13 Å². The second-order valence-electron chi connectivity index (χ2n) is 6.56. The van der Waals surface area contributed by atoms with E-state index in [1.54, 1.807) is 0 Å². The van der Waals surface area contributed by atoms with E-state index in [1.807, 2.05) is 23.6 Å². The van der Waals surface area contributed by atoms with Crippen LogP contribution in [0.2, 0.25) is 0 Å². The quantitative estimate of drug-likeness (QED) is 0.817. The van der Waals surface area contributed by atoms with Crippen molar-refractivity contribution in [2.24, 2.45) is 0 Å². The Labute approximate surface area is 162 Å². The SMILES string of the molecule is O=C(CCc1ccc2c(c1)OCCO2)Nc1nc(CN2CCOCC2)cs1. The highest BCUT2D eigenvalue weighted by atomic mass is 32.1. The molecule has 0 saturated carbocycles. The maximum Gasteiger partial charge on any atom is 0.226 e. The number of ether oxygens (including phenoxy) is 3. The highest BCUT2D eigenvalue weighted by Gasteiger charge is 2.14. The second-order valence-corrected chi connectivity index (χ2v) is 7.42. The first-order chi connectivity index (χ1) is 13.3. The number of carbonyl (C=O) groups is 1. The van der Waals surface area contributed by atoms with Gasteiger partial charge in [-0.1, -0.05) is 6.07 Å². The summed E-state index contributed by atoms with van der Waals surface area (Å²) in [7, 11) is 0. The number of thiazole rings is 1. The molecule has 2 aliphatic rings. The number of carbonyl (C=O) groups excluding carboxylic acids is 1. The van der Waals surface area contributed by atoms with Gasteiger partial charge in [-0.3, -0.25) is 9.69 Å². The van der Waals surface area contributed by atoms with Gasteiger partial charge in [-0.05, 0) is 24.1 Å². The highest BCUT2D eigenvalue weighted by molar-refractivity contribution is 7.13. The lowest BCUT2D eigenvalue weighted by molar-refractivity contribution is -0.116. The molecule has 0 spiro atoms. The second kappa shape index (κ2) is 8.69. The van der Waals surface area contributed by atoms with Crippen molar-refractivity contribution in [2.75, 3.05) is 44.8 Å². The number of fused-ring (bicyclic) bond motifs is 1. The summed E-state index contributed by atoms with van der Waals surface area (Å²) in [5.74, 6) is 1.49. The lowest BCUT2D eigenvalue weighted by Gasteiger charge is -2.25. The Morgan fingerprint density at radius 1 is 1.15 bits per heavy atom. The number of hydrogen-bond donors (Lipinski definition) is 1. The Morgan fingerprint density at radius 3 is 2.81 bits per heavy atom. The number of benzene rings is 1. The fourth-order valence-corrected chi connectivity index (χ4v) is 3.83. The number of hydrogen-bond acceptors (Lipinski definition) is 7. The maximum absolute atomic E-state index is 12.2. The molecule has 1 fully saturated rings. The maximum atomic E-state index is 12.2. The normalized spacial score (nSPS) is 16.9. The number of nitrogens with one attached hydrogen (secondary N) is 1. The monoisotopic (exact) mass is 389 g/mol. The van der Waals surface area contributed by atoms with Crippen molar-refractivity contribution in [1.29, 1.82) is 0 Å². The molecule has 3 heterocycles. The predicted octanol–water partition coefficient (Wildman–Crippen LogP) is 2.32. The molecule has 1 aromatic heterocycles. The summed E-state index contributed by atoms with van der Waals surface area (Å²) < 4.78 is 16.5. The van der Waals surface area contributed by atoms with E-state index >= 15 is 0 Å². The van der Waals surface area contributed by atoms with Gasteiger partial charge in [0.1, 0.15) is 13.2 Å². The third-order valence-electron chi connectivity index (χ3n) is 4.53. The van der Waals surface area contributed by atoms with Gasteiger partial charge >= 0.3 is 0 Å². The summed E-state index contributed by atoms with van der Waals surface area (Å²) in [6.07, 6.45) is 1.05. The van der Waals surface area contributed by atoms with Gasteiger partial charge in [-0.15, -0.1) is 11.3 Å². The fraction of sp³-hybridized carbons (Fsp3) is 0.474.